The number of H-pyrrole nitrogens is 1. The molecule has 0 amide bonds. The van der Waals surface area contributed by atoms with Crippen LogP contribution in [0.1, 0.15) is 17.2 Å². The zero-order valence-electron chi connectivity index (χ0n) is 15.2. The van der Waals surface area contributed by atoms with Gasteiger partial charge in [-0.25, -0.2) is 0 Å². The molecule has 0 unspecified atom stereocenters. The molecule has 0 saturated heterocycles. The van der Waals surface area contributed by atoms with E-state index in [1.807, 2.05) is 17.8 Å². The largest absolute Gasteiger partial charge is 0.296 e. The van der Waals surface area contributed by atoms with Crippen molar-refractivity contribution >= 4 is 34.6 Å². The topological polar surface area (TPSA) is 63.6 Å². The summed E-state index contributed by atoms with van der Waals surface area (Å²) in [5.41, 5.74) is 2.98. The SMILES string of the molecule is Cc1ccc(S[C@H]2CSc3nc(=O)c4cn[nH]c4n3[C@@H]2c2ccccc2)cc1. The molecular formula is C21H18N4OS2. The maximum absolute atomic E-state index is 12.4. The summed E-state index contributed by atoms with van der Waals surface area (Å²) in [6.07, 6.45) is 1.57. The molecule has 5 rings (SSSR count). The van der Waals surface area contributed by atoms with Gasteiger partial charge in [0.15, 0.2) is 5.16 Å². The van der Waals surface area contributed by atoms with E-state index in [0.717, 1.165) is 16.6 Å². The van der Waals surface area contributed by atoms with Gasteiger partial charge in [-0.15, -0.1) is 11.8 Å². The van der Waals surface area contributed by atoms with Gasteiger partial charge < -0.3 is 0 Å². The summed E-state index contributed by atoms with van der Waals surface area (Å²) >= 11 is 3.51. The summed E-state index contributed by atoms with van der Waals surface area (Å²) in [6.45, 7) is 2.10. The molecule has 2 atom stereocenters. The average Bonchev–Trinajstić information content (AvgIpc) is 3.21. The summed E-state index contributed by atoms with van der Waals surface area (Å²) in [5.74, 6) is 0.879. The number of nitrogens with one attached hydrogen (secondary N) is 1. The number of thioether (sulfide) groups is 2. The summed E-state index contributed by atoms with van der Waals surface area (Å²) in [5, 5.41) is 8.72. The van der Waals surface area contributed by atoms with Crippen molar-refractivity contribution in [2.24, 2.45) is 0 Å². The molecular weight excluding hydrogens is 388 g/mol. The van der Waals surface area contributed by atoms with Crippen LogP contribution in [-0.4, -0.2) is 30.8 Å². The Morgan fingerprint density at radius 3 is 2.71 bits per heavy atom. The van der Waals surface area contributed by atoms with Crippen LogP contribution in [0.15, 0.2) is 75.6 Å². The second kappa shape index (κ2) is 7.14. The Balaban J connectivity index is 1.66. The molecule has 0 aliphatic carbocycles. The molecule has 28 heavy (non-hydrogen) atoms. The van der Waals surface area contributed by atoms with Crippen LogP contribution in [0.3, 0.4) is 0 Å². The third-order valence-electron chi connectivity index (χ3n) is 4.95. The van der Waals surface area contributed by atoms with Crippen LogP contribution in [0.2, 0.25) is 0 Å². The Hall–Kier alpha value is -2.51. The predicted octanol–water partition coefficient (Wildman–Crippen LogP) is 4.28. The van der Waals surface area contributed by atoms with Gasteiger partial charge in [-0.1, -0.05) is 59.8 Å². The number of aromatic amines is 1. The molecule has 2 aromatic carbocycles. The standard InChI is InChI=1S/C21H18N4OS2/c1-13-7-9-15(10-8-13)28-17-12-27-21-23-20(26)16-11-22-24-19(16)25(21)18(17)14-5-3-2-4-6-14/h2-11,17-18H,12H2,1H3,(H,22,24)/t17-,18+/m0/s1. The minimum atomic E-state index is -0.223. The van der Waals surface area contributed by atoms with Gasteiger partial charge in [0.1, 0.15) is 11.0 Å². The zero-order valence-corrected chi connectivity index (χ0v) is 16.8. The summed E-state index contributed by atoms with van der Waals surface area (Å²) in [4.78, 5) is 17.9. The van der Waals surface area contributed by atoms with Crippen LogP contribution >= 0.6 is 23.5 Å². The number of rotatable bonds is 3. The smallest absolute Gasteiger partial charge is 0.284 e. The molecule has 0 fully saturated rings. The Labute approximate surface area is 170 Å². The second-order valence-corrected chi connectivity index (χ2v) is 9.14. The maximum atomic E-state index is 12.4. The minimum absolute atomic E-state index is 0.0554. The Morgan fingerprint density at radius 2 is 1.93 bits per heavy atom. The zero-order chi connectivity index (χ0) is 19.1. The van der Waals surface area contributed by atoms with Crippen molar-refractivity contribution < 1.29 is 0 Å². The molecule has 7 heteroatoms. The number of fused-ring (bicyclic) bond motifs is 3. The van der Waals surface area contributed by atoms with Crippen molar-refractivity contribution in [1.82, 2.24) is 19.7 Å². The van der Waals surface area contributed by atoms with Gasteiger partial charge in [0.25, 0.3) is 5.56 Å². The number of hydrogen-bond donors (Lipinski definition) is 1. The number of hydrogen-bond acceptors (Lipinski definition) is 5. The molecule has 5 nitrogen and oxygen atoms in total. The minimum Gasteiger partial charge on any atom is -0.296 e. The van der Waals surface area contributed by atoms with Crippen LogP contribution in [-0.2, 0) is 0 Å². The molecule has 0 spiro atoms. The highest BCUT2D eigenvalue weighted by Gasteiger charge is 2.34. The monoisotopic (exact) mass is 406 g/mol. The lowest BCUT2D eigenvalue weighted by atomic mass is 10.0. The number of aryl methyl sites for hydroxylation is 1. The van der Waals surface area contributed by atoms with Gasteiger partial charge in [0.2, 0.25) is 0 Å². The van der Waals surface area contributed by atoms with Crippen molar-refractivity contribution in [2.45, 2.75) is 28.3 Å². The fourth-order valence-corrected chi connectivity index (χ4v) is 6.11. The molecule has 0 saturated carbocycles. The lowest BCUT2D eigenvalue weighted by Gasteiger charge is -2.34. The van der Waals surface area contributed by atoms with Crippen molar-refractivity contribution in [1.29, 1.82) is 0 Å². The highest BCUT2D eigenvalue weighted by atomic mass is 32.2. The molecule has 140 valence electrons. The Bertz CT molecular complexity index is 1180. The van der Waals surface area contributed by atoms with E-state index >= 15 is 0 Å². The highest BCUT2D eigenvalue weighted by Crippen LogP contribution is 2.43. The van der Waals surface area contributed by atoms with Crippen molar-refractivity contribution in [3.05, 3.63) is 82.3 Å². The fraction of sp³-hybridized carbons (Fsp3) is 0.190. The van der Waals surface area contributed by atoms with Crippen molar-refractivity contribution in [3.63, 3.8) is 0 Å². The van der Waals surface area contributed by atoms with Crippen LogP contribution < -0.4 is 5.56 Å². The predicted molar refractivity (Wildman–Crippen MR) is 114 cm³/mol. The fourth-order valence-electron chi connectivity index (χ4n) is 3.59. The second-order valence-electron chi connectivity index (χ2n) is 6.84. The van der Waals surface area contributed by atoms with Crippen LogP contribution in [0.4, 0.5) is 0 Å². The molecule has 1 aliphatic rings. The Kier molecular flexibility index (Phi) is 4.49. The first-order chi connectivity index (χ1) is 13.7. The van der Waals surface area contributed by atoms with Gasteiger partial charge in [0.05, 0.1) is 12.2 Å². The van der Waals surface area contributed by atoms with Crippen LogP contribution in [0.25, 0.3) is 11.0 Å². The third kappa shape index (κ3) is 3.04. The Morgan fingerprint density at radius 1 is 1.14 bits per heavy atom. The normalized spacial score (nSPS) is 18.9. The number of benzene rings is 2. The quantitative estimate of drug-likeness (QED) is 0.515. The first-order valence-electron chi connectivity index (χ1n) is 9.07. The van der Waals surface area contributed by atoms with E-state index in [2.05, 4.69) is 75.2 Å². The highest BCUT2D eigenvalue weighted by molar-refractivity contribution is 8.03. The first kappa shape index (κ1) is 17.6. The first-order valence-corrected chi connectivity index (χ1v) is 10.9. The lowest BCUT2D eigenvalue weighted by Crippen LogP contribution is -2.33. The van der Waals surface area contributed by atoms with Gasteiger partial charge in [-0.05, 0) is 24.6 Å². The van der Waals surface area contributed by atoms with Gasteiger partial charge in [0, 0.05) is 15.9 Å². The molecule has 0 radical (unpaired) electrons. The maximum Gasteiger partial charge on any atom is 0.284 e. The molecule has 0 bridgehead atoms. The van der Waals surface area contributed by atoms with Crippen LogP contribution in [0.5, 0.6) is 0 Å². The molecule has 2 aromatic heterocycles. The van der Waals surface area contributed by atoms with E-state index in [9.17, 15) is 4.79 Å². The van der Waals surface area contributed by atoms with E-state index in [-0.39, 0.29) is 11.6 Å². The average molecular weight is 407 g/mol. The van der Waals surface area contributed by atoms with E-state index in [0.29, 0.717) is 10.6 Å². The van der Waals surface area contributed by atoms with Gasteiger partial charge >= 0.3 is 0 Å². The van der Waals surface area contributed by atoms with Crippen molar-refractivity contribution in [2.75, 3.05) is 5.75 Å². The number of nitrogens with zero attached hydrogens (tertiary/aromatic N) is 3. The van der Waals surface area contributed by atoms with Gasteiger partial charge in [-0.2, -0.15) is 10.1 Å². The molecule has 3 heterocycles. The van der Waals surface area contributed by atoms with Crippen LogP contribution in [0, 0.1) is 6.92 Å². The molecule has 4 aromatic rings. The van der Waals surface area contributed by atoms with E-state index in [1.165, 1.54) is 16.0 Å². The molecule has 1 aliphatic heterocycles. The van der Waals surface area contributed by atoms with E-state index < -0.39 is 0 Å². The summed E-state index contributed by atoms with van der Waals surface area (Å²) in [6, 6.07) is 19.1. The van der Waals surface area contributed by atoms with Gasteiger partial charge in [-0.3, -0.25) is 14.5 Å². The number of aromatic nitrogens is 4. The lowest BCUT2D eigenvalue weighted by molar-refractivity contribution is 0.519. The van der Waals surface area contributed by atoms with E-state index in [4.69, 9.17) is 0 Å². The van der Waals surface area contributed by atoms with E-state index in [1.54, 1.807) is 18.0 Å². The summed E-state index contributed by atoms with van der Waals surface area (Å²) < 4.78 is 2.15. The molecule has 1 N–H and O–H groups in total. The summed E-state index contributed by atoms with van der Waals surface area (Å²) in [7, 11) is 0. The third-order valence-corrected chi connectivity index (χ3v) is 7.50. The van der Waals surface area contributed by atoms with Crippen molar-refractivity contribution in [3.8, 4) is 0 Å².